The van der Waals surface area contributed by atoms with Crippen LogP contribution in [0.15, 0.2) is 23.1 Å². The summed E-state index contributed by atoms with van der Waals surface area (Å²) < 4.78 is 61.2. The molecule has 0 saturated heterocycles. The monoisotopic (exact) mass is 306 g/mol. The van der Waals surface area contributed by atoms with E-state index in [-0.39, 0.29) is 23.5 Å². The molecule has 8 heteroatoms. The number of anilines is 1. The predicted molar refractivity (Wildman–Crippen MR) is 67.4 cm³/mol. The average molecular weight is 306 g/mol. The summed E-state index contributed by atoms with van der Waals surface area (Å²) in [6.45, 7) is 0. The quantitative estimate of drug-likeness (QED) is 0.669. The number of nitrogens with two attached hydrogens (primary N) is 1. The fourth-order valence-corrected chi connectivity index (χ4v) is 3.11. The van der Waals surface area contributed by atoms with E-state index in [4.69, 9.17) is 11.0 Å². The van der Waals surface area contributed by atoms with E-state index < -0.39 is 27.3 Å². The maximum absolute atomic E-state index is 12.4. The van der Waals surface area contributed by atoms with Crippen LogP contribution in [-0.4, -0.2) is 14.2 Å². The molecular weight excluding hydrogens is 293 g/mol. The van der Waals surface area contributed by atoms with Gasteiger partial charge in [0.25, 0.3) is 0 Å². The van der Waals surface area contributed by atoms with Crippen molar-refractivity contribution in [3.8, 4) is 6.07 Å². The van der Waals surface area contributed by atoms with E-state index in [9.17, 15) is 21.6 Å². The molecule has 0 aromatic heterocycles. The van der Waals surface area contributed by atoms with E-state index in [0.29, 0.717) is 18.6 Å². The highest BCUT2D eigenvalue weighted by atomic mass is 32.2. The van der Waals surface area contributed by atoms with E-state index in [1.807, 2.05) is 6.07 Å². The largest absolute Gasteiger partial charge is 0.416 e. The number of nitrogens with zero attached hydrogens (tertiary/aromatic N) is 1. The van der Waals surface area contributed by atoms with Crippen molar-refractivity contribution in [2.24, 2.45) is 0 Å². The first-order valence-corrected chi connectivity index (χ1v) is 7.40. The molecule has 0 fully saturated rings. The van der Waals surface area contributed by atoms with Crippen molar-refractivity contribution in [1.29, 1.82) is 5.26 Å². The second kappa shape index (κ2) is 6.13. The number of nitrogen functional groups attached to an aromatic ring is 1. The molecule has 2 N–H and O–H groups in total. The molecule has 0 bridgehead atoms. The number of hydrogen-bond donors (Lipinski definition) is 1. The minimum atomic E-state index is -4.57. The van der Waals surface area contributed by atoms with Crippen LogP contribution in [0.3, 0.4) is 0 Å². The van der Waals surface area contributed by atoms with Gasteiger partial charge in [-0.25, -0.2) is 8.42 Å². The van der Waals surface area contributed by atoms with Gasteiger partial charge >= 0.3 is 6.18 Å². The summed E-state index contributed by atoms with van der Waals surface area (Å²) in [7, 11) is -3.74. The normalized spacial score (nSPS) is 12.1. The maximum Gasteiger partial charge on any atom is 0.416 e. The SMILES string of the molecule is N#CCCCCS(=O)(=O)c1ccc(C(F)(F)F)cc1N. The van der Waals surface area contributed by atoms with Gasteiger partial charge in [-0.2, -0.15) is 18.4 Å². The molecule has 0 aliphatic carbocycles. The average Bonchev–Trinajstić information content (AvgIpc) is 2.33. The van der Waals surface area contributed by atoms with E-state index in [1.54, 1.807) is 0 Å². The van der Waals surface area contributed by atoms with Gasteiger partial charge < -0.3 is 5.73 Å². The molecule has 0 saturated carbocycles. The fourth-order valence-electron chi connectivity index (χ4n) is 1.61. The fraction of sp³-hybridized carbons (Fsp3) is 0.417. The molecule has 0 spiro atoms. The molecule has 1 aromatic rings. The van der Waals surface area contributed by atoms with Crippen LogP contribution in [0.4, 0.5) is 18.9 Å². The van der Waals surface area contributed by atoms with Crippen LogP contribution in [0.1, 0.15) is 24.8 Å². The minimum absolute atomic E-state index is 0.234. The third kappa shape index (κ3) is 4.13. The van der Waals surface area contributed by atoms with Gasteiger partial charge in [0.1, 0.15) is 0 Å². The zero-order valence-corrected chi connectivity index (χ0v) is 11.3. The van der Waals surface area contributed by atoms with Gasteiger partial charge in [0, 0.05) is 6.42 Å². The van der Waals surface area contributed by atoms with Crippen molar-refractivity contribution in [2.75, 3.05) is 11.5 Å². The Balaban J connectivity index is 2.94. The number of hydrogen-bond acceptors (Lipinski definition) is 4. The molecule has 0 unspecified atom stereocenters. The molecule has 1 rings (SSSR count). The first-order chi connectivity index (χ1) is 9.18. The van der Waals surface area contributed by atoms with Gasteiger partial charge in [-0.1, -0.05) is 0 Å². The number of benzene rings is 1. The Bertz CT molecular complexity index is 619. The number of unbranched alkanes of at least 4 members (excludes halogenated alkanes) is 2. The zero-order chi connectivity index (χ0) is 15.4. The van der Waals surface area contributed by atoms with Gasteiger partial charge in [-0.15, -0.1) is 0 Å². The van der Waals surface area contributed by atoms with Crippen LogP contribution in [-0.2, 0) is 16.0 Å². The van der Waals surface area contributed by atoms with Crippen molar-refractivity contribution in [1.82, 2.24) is 0 Å². The van der Waals surface area contributed by atoms with Crippen molar-refractivity contribution in [3.63, 3.8) is 0 Å². The van der Waals surface area contributed by atoms with Crippen LogP contribution in [0, 0.1) is 11.3 Å². The van der Waals surface area contributed by atoms with Crippen molar-refractivity contribution >= 4 is 15.5 Å². The minimum Gasteiger partial charge on any atom is -0.398 e. The molecular formula is C12H13F3N2O2S. The molecule has 110 valence electrons. The number of sulfone groups is 1. The van der Waals surface area contributed by atoms with Gasteiger partial charge in [-0.3, -0.25) is 0 Å². The van der Waals surface area contributed by atoms with E-state index >= 15 is 0 Å². The first kappa shape index (κ1) is 16.3. The number of alkyl halides is 3. The summed E-state index contributed by atoms with van der Waals surface area (Å²) in [5.41, 5.74) is 4.00. The smallest absolute Gasteiger partial charge is 0.398 e. The van der Waals surface area contributed by atoms with Crippen LogP contribution in [0.5, 0.6) is 0 Å². The summed E-state index contributed by atoms with van der Waals surface area (Å²) in [5.74, 6) is -0.246. The molecule has 1 aromatic carbocycles. The molecule has 0 heterocycles. The molecule has 0 aliphatic rings. The number of rotatable bonds is 5. The van der Waals surface area contributed by atoms with Crippen LogP contribution >= 0.6 is 0 Å². The second-order valence-corrected chi connectivity index (χ2v) is 6.26. The summed E-state index contributed by atoms with van der Waals surface area (Å²) >= 11 is 0. The zero-order valence-electron chi connectivity index (χ0n) is 10.4. The lowest BCUT2D eigenvalue weighted by Gasteiger charge is -2.11. The second-order valence-electron chi connectivity index (χ2n) is 4.18. The lowest BCUT2D eigenvalue weighted by Crippen LogP contribution is -2.12. The van der Waals surface area contributed by atoms with Gasteiger partial charge in [0.05, 0.1) is 28.0 Å². The van der Waals surface area contributed by atoms with E-state index in [0.717, 1.165) is 6.07 Å². The van der Waals surface area contributed by atoms with Gasteiger partial charge in [0.2, 0.25) is 0 Å². The molecule has 0 aliphatic heterocycles. The molecule has 20 heavy (non-hydrogen) atoms. The summed E-state index contributed by atoms with van der Waals surface area (Å²) in [6.07, 6.45) is -3.66. The Morgan fingerprint density at radius 3 is 2.40 bits per heavy atom. The first-order valence-electron chi connectivity index (χ1n) is 5.75. The van der Waals surface area contributed by atoms with Crippen LogP contribution in [0.25, 0.3) is 0 Å². The Labute approximate surface area is 114 Å². The van der Waals surface area contributed by atoms with Crippen molar-refractivity contribution in [2.45, 2.75) is 30.3 Å². The molecule has 0 atom stereocenters. The maximum atomic E-state index is 12.4. The lowest BCUT2D eigenvalue weighted by atomic mass is 10.2. The Morgan fingerprint density at radius 2 is 1.90 bits per heavy atom. The van der Waals surface area contributed by atoms with Crippen molar-refractivity contribution < 1.29 is 21.6 Å². The predicted octanol–water partition coefficient (Wildman–Crippen LogP) is 2.76. The highest BCUT2D eigenvalue weighted by Gasteiger charge is 2.31. The Kier molecular flexibility index (Phi) is 5.00. The van der Waals surface area contributed by atoms with Gasteiger partial charge in [-0.05, 0) is 31.0 Å². The van der Waals surface area contributed by atoms with Crippen LogP contribution < -0.4 is 5.73 Å². The van der Waals surface area contributed by atoms with Gasteiger partial charge in [0.15, 0.2) is 9.84 Å². The summed E-state index contributed by atoms with van der Waals surface area (Å²) in [6, 6.07) is 4.06. The number of nitriles is 1. The Hall–Kier alpha value is -1.75. The molecule has 0 radical (unpaired) electrons. The third-order valence-electron chi connectivity index (χ3n) is 2.62. The Morgan fingerprint density at radius 1 is 1.25 bits per heavy atom. The lowest BCUT2D eigenvalue weighted by molar-refractivity contribution is -0.137. The topological polar surface area (TPSA) is 84.0 Å². The molecule has 4 nitrogen and oxygen atoms in total. The standard InChI is InChI=1S/C12H13F3N2O2S/c13-12(14,15)9-4-5-11(10(17)8-9)20(18,19)7-3-1-2-6-16/h4-5,8H,1-3,7,17H2. The highest BCUT2D eigenvalue weighted by molar-refractivity contribution is 7.91. The summed E-state index contributed by atoms with van der Waals surface area (Å²) in [5, 5.41) is 8.34. The highest BCUT2D eigenvalue weighted by Crippen LogP contribution is 2.32. The summed E-state index contributed by atoms with van der Waals surface area (Å²) in [4.78, 5) is -0.303. The number of halogens is 3. The van der Waals surface area contributed by atoms with Crippen LogP contribution in [0.2, 0.25) is 0 Å². The van der Waals surface area contributed by atoms with E-state index in [2.05, 4.69) is 0 Å². The van der Waals surface area contributed by atoms with E-state index in [1.165, 1.54) is 0 Å². The third-order valence-corrected chi connectivity index (χ3v) is 4.49. The molecule has 0 amide bonds. The van der Waals surface area contributed by atoms with Crippen molar-refractivity contribution in [3.05, 3.63) is 23.8 Å².